The Morgan fingerprint density at radius 1 is 0.967 bits per heavy atom. The lowest BCUT2D eigenvalue weighted by atomic mass is 10.0. The molecule has 1 aliphatic heterocycles. The molecule has 1 saturated heterocycles. The van der Waals surface area contributed by atoms with Crippen molar-refractivity contribution in [3.05, 3.63) is 95.3 Å². The molecule has 1 amide bonds. The number of rotatable bonds is 4. The Morgan fingerprint density at radius 3 is 2.57 bits per heavy atom. The predicted octanol–water partition coefficient (Wildman–Crippen LogP) is 5.22. The summed E-state index contributed by atoms with van der Waals surface area (Å²) < 4.78 is 2.31. The van der Waals surface area contributed by atoms with E-state index in [1.807, 2.05) is 41.3 Å². The largest absolute Gasteiger partial charge is 0.323 e. The molecule has 3 aromatic carbocycles. The van der Waals surface area contributed by atoms with Crippen LogP contribution in [0, 0.1) is 13.8 Å². The highest BCUT2D eigenvalue weighted by Crippen LogP contribution is 2.33. The number of amides is 1. The van der Waals surface area contributed by atoms with E-state index in [1.165, 1.54) is 16.7 Å². The van der Waals surface area contributed by atoms with Crippen LogP contribution < -0.4 is 4.90 Å². The van der Waals surface area contributed by atoms with E-state index in [2.05, 4.69) is 54.8 Å². The van der Waals surface area contributed by atoms with Crippen molar-refractivity contribution in [3.8, 4) is 0 Å². The minimum absolute atomic E-state index is 0.0789. The van der Waals surface area contributed by atoms with E-state index in [1.54, 1.807) is 0 Å². The first kappa shape index (κ1) is 18.6. The van der Waals surface area contributed by atoms with Crippen molar-refractivity contribution in [2.75, 3.05) is 11.4 Å². The van der Waals surface area contributed by atoms with Crippen molar-refractivity contribution in [1.29, 1.82) is 0 Å². The number of hydrogen-bond donors (Lipinski definition) is 0. The molecule has 0 radical (unpaired) electrons. The molecule has 1 aromatic heterocycles. The van der Waals surface area contributed by atoms with Crippen molar-refractivity contribution in [2.45, 2.75) is 32.7 Å². The Balaban J connectivity index is 1.56. The molecule has 150 valence electrons. The van der Waals surface area contributed by atoms with Crippen molar-refractivity contribution < 1.29 is 4.79 Å². The molecule has 1 fully saturated rings. The molecule has 4 nitrogen and oxygen atoms in total. The van der Waals surface area contributed by atoms with Crippen LogP contribution in [0.15, 0.2) is 72.8 Å². The van der Waals surface area contributed by atoms with Gasteiger partial charge in [-0.05, 0) is 49.2 Å². The normalized spacial score (nSPS) is 16.5. The summed E-state index contributed by atoms with van der Waals surface area (Å²) in [5.74, 6) is 1.25. The Morgan fingerprint density at radius 2 is 1.73 bits per heavy atom. The quantitative estimate of drug-likeness (QED) is 0.475. The fourth-order valence-corrected chi connectivity index (χ4v) is 4.45. The van der Waals surface area contributed by atoms with Crippen molar-refractivity contribution in [3.63, 3.8) is 0 Å². The summed E-state index contributed by atoms with van der Waals surface area (Å²) in [6.45, 7) is 5.71. The fraction of sp³-hybridized carbons (Fsp3) is 0.231. The smallest absolute Gasteiger partial charge is 0.227 e. The van der Waals surface area contributed by atoms with Crippen LogP contribution in [0.5, 0.6) is 0 Å². The van der Waals surface area contributed by atoms with Gasteiger partial charge in [0.1, 0.15) is 5.82 Å². The zero-order valence-corrected chi connectivity index (χ0v) is 17.4. The van der Waals surface area contributed by atoms with Crippen LogP contribution in [0.3, 0.4) is 0 Å². The molecule has 0 N–H and O–H groups in total. The van der Waals surface area contributed by atoms with E-state index in [9.17, 15) is 4.79 Å². The van der Waals surface area contributed by atoms with Gasteiger partial charge in [0.2, 0.25) is 5.91 Å². The summed E-state index contributed by atoms with van der Waals surface area (Å²) in [5.41, 5.74) is 6.90. The summed E-state index contributed by atoms with van der Waals surface area (Å²) in [6, 6.07) is 24.8. The first-order valence-electron chi connectivity index (χ1n) is 10.5. The van der Waals surface area contributed by atoms with E-state index in [0.717, 1.165) is 29.1 Å². The molecule has 0 bridgehead atoms. The second kappa shape index (κ2) is 7.45. The molecule has 1 unspecified atom stereocenters. The van der Waals surface area contributed by atoms with Crippen molar-refractivity contribution in [1.82, 2.24) is 9.55 Å². The maximum absolute atomic E-state index is 12.8. The summed E-state index contributed by atoms with van der Waals surface area (Å²) in [4.78, 5) is 19.7. The van der Waals surface area contributed by atoms with Crippen LogP contribution >= 0.6 is 0 Å². The molecule has 4 aromatic rings. The molecule has 0 saturated carbocycles. The van der Waals surface area contributed by atoms with Gasteiger partial charge < -0.3 is 9.47 Å². The molecule has 2 heterocycles. The SMILES string of the molecule is Cc1ccc(C)c(Cn2c(C3CC(=O)N(c4ccccc4)C3)nc3ccccc32)c1. The number of imidazole rings is 1. The van der Waals surface area contributed by atoms with E-state index in [4.69, 9.17) is 4.98 Å². The van der Waals surface area contributed by atoms with Gasteiger partial charge in [0, 0.05) is 31.1 Å². The lowest BCUT2D eigenvalue weighted by molar-refractivity contribution is -0.117. The maximum Gasteiger partial charge on any atom is 0.227 e. The lowest BCUT2D eigenvalue weighted by Crippen LogP contribution is -2.24. The van der Waals surface area contributed by atoms with Gasteiger partial charge in [-0.3, -0.25) is 4.79 Å². The van der Waals surface area contributed by atoms with E-state index < -0.39 is 0 Å². The number of benzene rings is 3. The van der Waals surface area contributed by atoms with Gasteiger partial charge in [-0.2, -0.15) is 0 Å². The number of aryl methyl sites for hydroxylation is 2. The maximum atomic E-state index is 12.8. The van der Waals surface area contributed by atoms with E-state index in [-0.39, 0.29) is 11.8 Å². The molecule has 0 aliphatic carbocycles. The minimum atomic E-state index is 0.0789. The third-order valence-corrected chi connectivity index (χ3v) is 6.08. The predicted molar refractivity (Wildman–Crippen MR) is 121 cm³/mol. The van der Waals surface area contributed by atoms with Gasteiger partial charge in [0.15, 0.2) is 0 Å². The van der Waals surface area contributed by atoms with E-state index in [0.29, 0.717) is 13.0 Å². The second-order valence-electron chi connectivity index (χ2n) is 8.22. The highest BCUT2D eigenvalue weighted by Gasteiger charge is 2.34. The summed E-state index contributed by atoms with van der Waals surface area (Å²) >= 11 is 0. The van der Waals surface area contributed by atoms with Crippen LogP contribution in [-0.2, 0) is 11.3 Å². The van der Waals surface area contributed by atoms with Crippen molar-refractivity contribution >= 4 is 22.6 Å². The molecule has 1 aliphatic rings. The Kier molecular flexibility index (Phi) is 4.62. The zero-order valence-electron chi connectivity index (χ0n) is 17.4. The van der Waals surface area contributed by atoms with Crippen LogP contribution in [0.4, 0.5) is 5.69 Å². The number of carbonyl (C=O) groups is 1. The van der Waals surface area contributed by atoms with E-state index >= 15 is 0 Å². The van der Waals surface area contributed by atoms with Gasteiger partial charge in [-0.15, -0.1) is 0 Å². The molecule has 0 spiro atoms. The Hall–Kier alpha value is -3.40. The molecule has 5 rings (SSSR count). The third kappa shape index (κ3) is 3.28. The molecule has 4 heteroatoms. The van der Waals surface area contributed by atoms with Crippen LogP contribution in [0.2, 0.25) is 0 Å². The average Bonchev–Trinajstić information content (AvgIpc) is 3.32. The molecule has 1 atom stereocenters. The standard InChI is InChI=1S/C26H25N3O/c1-18-12-13-19(2)20(14-18)16-29-24-11-7-6-10-23(24)27-26(29)21-15-25(30)28(17-21)22-8-4-3-5-9-22/h3-14,21H,15-17H2,1-2H3. The number of hydrogen-bond acceptors (Lipinski definition) is 2. The fourth-order valence-electron chi connectivity index (χ4n) is 4.45. The van der Waals surface area contributed by atoms with Crippen molar-refractivity contribution in [2.24, 2.45) is 0 Å². The first-order chi connectivity index (χ1) is 14.6. The van der Waals surface area contributed by atoms with Crippen LogP contribution in [0.1, 0.15) is 34.9 Å². The molecular formula is C26H25N3O. The second-order valence-corrected chi connectivity index (χ2v) is 8.22. The number of anilines is 1. The number of para-hydroxylation sites is 3. The monoisotopic (exact) mass is 395 g/mol. The minimum Gasteiger partial charge on any atom is -0.323 e. The van der Waals surface area contributed by atoms with Gasteiger partial charge in [0.05, 0.1) is 11.0 Å². The Bertz CT molecular complexity index is 1230. The topological polar surface area (TPSA) is 38.1 Å². The molecule has 30 heavy (non-hydrogen) atoms. The lowest BCUT2D eigenvalue weighted by Gasteiger charge is -2.18. The Labute approximate surface area is 176 Å². The van der Waals surface area contributed by atoms with Gasteiger partial charge in [-0.1, -0.05) is 54.1 Å². The number of aromatic nitrogens is 2. The number of fused-ring (bicyclic) bond motifs is 1. The van der Waals surface area contributed by atoms with Gasteiger partial charge in [0.25, 0.3) is 0 Å². The average molecular weight is 396 g/mol. The summed E-state index contributed by atoms with van der Waals surface area (Å²) in [7, 11) is 0. The number of carbonyl (C=O) groups excluding carboxylic acids is 1. The van der Waals surface area contributed by atoms with Crippen LogP contribution in [0.25, 0.3) is 11.0 Å². The molecular weight excluding hydrogens is 370 g/mol. The highest BCUT2D eigenvalue weighted by atomic mass is 16.2. The number of nitrogens with zero attached hydrogens (tertiary/aromatic N) is 3. The highest BCUT2D eigenvalue weighted by molar-refractivity contribution is 5.96. The van der Waals surface area contributed by atoms with Gasteiger partial charge in [-0.25, -0.2) is 4.98 Å². The first-order valence-corrected chi connectivity index (χ1v) is 10.5. The summed E-state index contributed by atoms with van der Waals surface area (Å²) in [5, 5.41) is 0. The third-order valence-electron chi connectivity index (χ3n) is 6.08. The summed E-state index contributed by atoms with van der Waals surface area (Å²) in [6.07, 6.45) is 0.491. The van der Waals surface area contributed by atoms with Crippen LogP contribution in [-0.4, -0.2) is 22.0 Å². The van der Waals surface area contributed by atoms with Gasteiger partial charge >= 0.3 is 0 Å². The zero-order chi connectivity index (χ0) is 20.7.